The van der Waals surface area contributed by atoms with Crippen LogP contribution in [0.1, 0.15) is 140 Å². The summed E-state index contributed by atoms with van der Waals surface area (Å²) in [5, 5.41) is 3.50. The van der Waals surface area contributed by atoms with Crippen LogP contribution in [0.5, 0.6) is 0 Å². The Balaban J connectivity index is 0.000000123. The maximum Gasteiger partial charge on any atom is 0.163 e. The molecule has 5 heterocycles. The monoisotopic (exact) mass is 1890 g/mol. The minimum absolute atomic E-state index is 0.0260. The number of rotatable bonds is 25. The fourth-order valence-electron chi connectivity index (χ4n) is 16.3. The molecular weight excluding hydrogens is 1800 g/mol. The van der Waals surface area contributed by atoms with Gasteiger partial charge in [0.2, 0.25) is 0 Å². The predicted octanol–water partition coefficient (Wildman–Crippen LogP) is 29.2. The molecule has 0 aliphatic heterocycles. The zero-order valence-corrected chi connectivity index (χ0v) is 79.2. The van der Waals surface area contributed by atoms with E-state index in [-0.39, 0.29) is 34.7 Å². The van der Waals surface area contributed by atoms with Crippen LogP contribution in [0, 0.1) is 40.4 Å². The van der Waals surface area contributed by atoms with Crippen molar-refractivity contribution in [1.29, 1.82) is 0 Å². The van der Waals surface area contributed by atoms with Crippen molar-refractivity contribution >= 4 is 142 Å². The van der Waals surface area contributed by atoms with Gasteiger partial charge in [0, 0.05) is 102 Å². The molecule has 0 aliphatic carbocycles. The second kappa shape index (κ2) is 44.0. The molecule has 0 fully saturated rings. The molecule has 15 nitrogen and oxygen atoms in total. The number of aromatic nitrogens is 10. The third-order valence-corrected chi connectivity index (χ3v) is 25.9. The van der Waals surface area contributed by atoms with Crippen LogP contribution in [0.4, 0.5) is 4.39 Å². The number of aryl methyl sites for hydroxylation is 9. The highest BCUT2D eigenvalue weighted by Gasteiger charge is 2.20. The van der Waals surface area contributed by atoms with Crippen LogP contribution in [0.15, 0.2) is 359 Å². The number of benzene rings is 15. The number of fused-ring (bicyclic) bond motifs is 5. The van der Waals surface area contributed by atoms with Crippen LogP contribution in [0.25, 0.3) is 83.6 Å². The quantitative estimate of drug-likeness (QED) is 0.0501. The molecule has 0 saturated heterocycles. The predicted molar refractivity (Wildman–Crippen MR) is 550 cm³/mol. The Morgan fingerprint density at radius 3 is 0.831 bits per heavy atom. The zero-order chi connectivity index (χ0) is 94.9. The Kier molecular flexibility index (Phi) is 30.6. The maximum absolute atomic E-state index is 14.2. The van der Waals surface area contributed by atoms with E-state index in [1.165, 1.54) is 28.3 Å². The Morgan fingerprint density at radius 2 is 0.515 bits per heavy atom. The van der Waals surface area contributed by atoms with Gasteiger partial charge in [0.1, 0.15) is 37.5 Å². The molecule has 5 aromatic heterocycles. The number of ketones is 5. The van der Waals surface area contributed by atoms with Crippen molar-refractivity contribution in [2.75, 3.05) is 0 Å². The zero-order valence-electron chi connectivity index (χ0n) is 75.4. The lowest BCUT2D eigenvalue weighted by molar-refractivity contribution is 0.0975. The summed E-state index contributed by atoms with van der Waals surface area (Å²) in [4.78, 5) is 85.4. The number of carbonyl (C=O) groups excluding carboxylic acids is 5. The van der Waals surface area contributed by atoms with Gasteiger partial charge < -0.3 is 0 Å². The molecule has 0 aliphatic rings. The van der Waals surface area contributed by atoms with E-state index in [0.717, 1.165) is 106 Å². The van der Waals surface area contributed by atoms with E-state index in [1.807, 2.05) is 270 Å². The van der Waals surface area contributed by atoms with Crippen molar-refractivity contribution in [1.82, 2.24) is 47.8 Å². The van der Waals surface area contributed by atoms with Gasteiger partial charge in [-0.3, -0.25) is 46.8 Å². The van der Waals surface area contributed by atoms with E-state index in [9.17, 15) is 28.4 Å². The molecule has 0 bridgehead atoms. The summed E-state index contributed by atoms with van der Waals surface area (Å²) in [6.07, 6.45) is 14.0. The minimum Gasteiger partial charge on any atom is -0.299 e. The number of hydrogen-bond acceptors (Lipinski definition) is 10. The number of halogens is 6. The smallest absolute Gasteiger partial charge is 0.163 e. The number of nitrogens with zero attached hydrogens (tertiary/aromatic N) is 10. The summed E-state index contributed by atoms with van der Waals surface area (Å²) >= 11 is 30.9. The van der Waals surface area contributed by atoms with E-state index >= 15 is 0 Å². The average molecular weight is 1890 g/mol. The Hall–Kier alpha value is -14.6. The van der Waals surface area contributed by atoms with Crippen LogP contribution in [-0.2, 0) is 32.1 Å². The van der Waals surface area contributed by atoms with Gasteiger partial charge in [-0.2, -0.15) is 0 Å². The first kappa shape index (κ1) is 94.6. The van der Waals surface area contributed by atoms with Crippen LogP contribution < -0.4 is 0 Å². The molecule has 0 spiro atoms. The van der Waals surface area contributed by atoms with Gasteiger partial charge in [0.15, 0.2) is 28.9 Å². The summed E-state index contributed by atoms with van der Waals surface area (Å²) in [6, 6.07) is 104. The van der Waals surface area contributed by atoms with Crippen LogP contribution in [-0.4, -0.2) is 76.7 Å². The summed E-state index contributed by atoms with van der Waals surface area (Å²) in [5.41, 5.74) is 27.5. The molecule has 0 saturated carbocycles. The van der Waals surface area contributed by atoms with E-state index in [1.54, 1.807) is 54.1 Å². The normalized spacial score (nSPS) is 11.1. The second-order valence-corrected chi connectivity index (χ2v) is 35.4. The van der Waals surface area contributed by atoms with Gasteiger partial charge in [-0.25, -0.2) is 29.3 Å². The molecule has 20 rings (SSSR count). The molecule has 0 unspecified atom stereocenters. The van der Waals surface area contributed by atoms with Crippen molar-refractivity contribution in [3.8, 4) is 28.4 Å². The summed E-state index contributed by atoms with van der Waals surface area (Å²) in [6.45, 7) is 10.3. The molecule has 0 amide bonds. The third-order valence-electron chi connectivity index (χ3n) is 24.0. The molecule has 0 atom stereocenters. The number of Topliss-reactive ketones (excluding diaryl/α,β-unsaturated/α-hetero) is 5. The fourth-order valence-corrected chi connectivity index (χ4v) is 17.5. The molecule has 676 valence electrons. The van der Waals surface area contributed by atoms with Crippen molar-refractivity contribution in [2.24, 2.45) is 0 Å². The van der Waals surface area contributed by atoms with Crippen molar-refractivity contribution in [3.05, 3.63) is 474 Å². The van der Waals surface area contributed by atoms with E-state index in [2.05, 4.69) is 112 Å². The van der Waals surface area contributed by atoms with Gasteiger partial charge in [-0.1, -0.05) is 210 Å². The highest BCUT2D eigenvalue weighted by Crippen LogP contribution is 2.32. The summed E-state index contributed by atoms with van der Waals surface area (Å²) in [5.74, 6) is 0.107. The molecule has 15 aromatic carbocycles. The van der Waals surface area contributed by atoms with Crippen LogP contribution in [0.2, 0.25) is 25.1 Å². The SMILES string of the molecule is Cc1ccc(F)c(-n2cnc3cc(C(=O)CCc4ccccc4Cl)ccc32)c1.Cc1cccc(-n2cnc3cc(C(=O)CCc4ccccc4Cl)ccc32)c1.Cc1cccc(-n2cnc3cc(C(=O)CCc4ccccc4Cl)ccc32)c1.Cc1cccc(-n2cnc3cc(C(=O)CCc4ccccc4Cl)ccc32)c1C.O=C(CCc1ccccc1Cl)c1ccc2c(c1)ncn2-c1ccccc1. The lowest BCUT2D eigenvalue weighted by Crippen LogP contribution is -2.02. The lowest BCUT2D eigenvalue weighted by Gasteiger charge is -2.10. The molecule has 0 radical (unpaired) electrons. The van der Waals surface area contributed by atoms with Crippen molar-refractivity contribution in [3.63, 3.8) is 0 Å². The Labute approximate surface area is 813 Å². The molecule has 21 heteroatoms. The van der Waals surface area contributed by atoms with Crippen LogP contribution in [0.3, 0.4) is 0 Å². The second-order valence-electron chi connectivity index (χ2n) is 33.4. The lowest BCUT2D eigenvalue weighted by atomic mass is 10.0. The highest BCUT2D eigenvalue weighted by molar-refractivity contribution is 6.33. The topological polar surface area (TPSA) is 174 Å². The van der Waals surface area contributed by atoms with Gasteiger partial charge in [-0.05, 0) is 298 Å². The standard InChI is InChI=1S/C24H21ClN2O.C23H18ClFN2O.2C23H19ClN2O.C22H17ClN2O/c1-16-6-5-9-22(17(16)2)27-15-26-21-14-19(10-12-23(21)27)24(28)13-11-18-7-3-4-8-20(18)25;1-15-6-9-19(25)22(12-15)27-14-26-20-13-17(7-10-21(20)27)23(28)11-8-16-4-2-3-5-18(16)24;2*1-16-5-4-7-19(13-16)26-15-25-21-14-18(9-11-22(21)26)23(27)12-10-17-6-2-3-8-20(17)24;23-19-9-5-4-6-16(19)11-13-22(26)17-10-12-21-20(14-17)24-15-25(21)18-7-2-1-3-8-18/h3-10,12,14-15H,11,13H2,1-2H3;2-7,9-10,12-14H,8,11H2,1H3;2*2-9,11,13-15H,10,12H2,1H3;1-10,12,14-15H,11,13H2. The van der Waals surface area contributed by atoms with E-state index in [4.69, 9.17) is 58.0 Å². The van der Waals surface area contributed by atoms with Crippen molar-refractivity contribution < 1.29 is 28.4 Å². The van der Waals surface area contributed by atoms with Gasteiger partial charge in [0.25, 0.3) is 0 Å². The fraction of sp³-hybridized carbons (Fsp3) is 0.130. The first-order chi connectivity index (χ1) is 66.0. The Morgan fingerprint density at radius 1 is 0.250 bits per heavy atom. The summed E-state index contributed by atoms with van der Waals surface area (Å²) < 4.78 is 24.1. The van der Waals surface area contributed by atoms with Crippen LogP contribution >= 0.6 is 58.0 Å². The molecular formula is C115H94Cl5FN10O5. The van der Waals surface area contributed by atoms with Gasteiger partial charge in [-0.15, -0.1) is 0 Å². The Bertz CT molecular complexity index is 7490. The van der Waals surface area contributed by atoms with Gasteiger partial charge in [0.05, 0.1) is 66.5 Å². The minimum atomic E-state index is -0.315. The summed E-state index contributed by atoms with van der Waals surface area (Å²) in [7, 11) is 0. The number of para-hydroxylation sites is 1. The maximum atomic E-state index is 14.2. The largest absolute Gasteiger partial charge is 0.299 e. The molecule has 0 N–H and O–H groups in total. The van der Waals surface area contributed by atoms with Gasteiger partial charge >= 0.3 is 0 Å². The third kappa shape index (κ3) is 22.9. The highest BCUT2D eigenvalue weighted by atomic mass is 35.5. The first-order valence-electron chi connectivity index (χ1n) is 44.7. The molecule has 136 heavy (non-hydrogen) atoms. The molecule has 20 aromatic rings. The van der Waals surface area contributed by atoms with E-state index in [0.29, 0.717) is 128 Å². The first-order valence-corrected chi connectivity index (χ1v) is 46.6. The number of imidazole rings is 5. The number of hydrogen-bond donors (Lipinski definition) is 0. The van der Waals surface area contributed by atoms with E-state index < -0.39 is 0 Å². The number of carbonyl (C=O) groups is 5. The van der Waals surface area contributed by atoms with Crippen molar-refractivity contribution in [2.45, 2.75) is 98.8 Å². The average Bonchev–Trinajstić information content (AvgIpc) is 1.66.